The summed E-state index contributed by atoms with van der Waals surface area (Å²) in [7, 11) is 0. The number of ether oxygens (including phenoxy) is 2. The first-order chi connectivity index (χ1) is 12.0. The van der Waals surface area contributed by atoms with E-state index < -0.39 is 12.1 Å². The Kier molecular flexibility index (Phi) is 5.81. The highest BCUT2D eigenvalue weighted by Crippen LogP contribution is 2.32. The summed E-state index contributed by atoms with van der Waals surface area (Å²) in [6.45, 7) is 3.17. The maximum Gasteiger partial charge on any atom is 0.216 e. The molecular formula is C18H20Cl2N2O3. The first-order valence-electron chi connectivity index (χ1n) is 8.05. The van der Waals surface area contributed by atoms with Gasteiger partial charge < -0.3 is 20.3 Å². The van der Waals surface area contributed by atoms with Crippen molar-refractivity contribution in [1.82, 2.24) is 4.98 Å². The van der Waals surface area contributed by atoms with E-state index >= 15 is 0 Å². The van der Waals surface area contributed by atoms with Crippen molar-refractivity contribution in [3.05, 3.63) is 57.2 Å². The van der Waals surface area contributed by atoms with Crippen molar-refractivity contribution in [1.29, 1.82) is 0 Å². The highest BCUT2D eigenvalue weighted by Gasteiger charge is 2.22. The minimum absolute atomic E-state index is 0.0282. The quantitative estimate of drug-likeness (QED) is 0.825. The second-order valence-electron chi connectivity index (χ2n) is 6.14. The monoisotopic (exact) mass is 382 g/mol. The van der Waals surface area contributed by atoms with E-state index in [2.05, 4.69) is 4.98 Å². The van der Waals surface area contributed by atoms with Gasteiger partial charge in [-0.05, 0) is 30.7 Å². The Bertz CT molecular complexity index is 751. The SMILES string of the molecule is Cc1cc([C@H](O)[C@H](N)c2ccc(Cl)c(Cl)c2)cnc1OC1CCOC1. The van der Waals surface area contributed by atoms with Crippen LogP contribution in [0.1, 0.15) is 35.3 Å². The van der Waals surface area contributed by atoms with Gasteiger partial charge >= 0.3 is 0 Å². The molecule has 0 aliphatic carbocycles. The minimum Gasteiger partial charge on any atom is -0.472 e. The van der Waals surface area contributed by atoms with Crippen LogP contribution in [-0.4, -0.2) is 29.4 Å². The average molecular weight is 383 g/mol. The van der Waals surface area contributed by atoms with Gasteiger partial charge in [0.15, 0.2) is 0 Å². The predicted molar refractivity (Wildman–Crippen MR) is 97.2 cm³/mol. The number of aromatic nitrogens is 1. The predicted octanol–water partition coefficient (Wildman–Crippen LogP) is 3.60. The lowest BCUT2D eigenvalue weighted by atomic mass is 9.97. The van der Waals surface area contributed by atoms with Gasteiger partial charge in [-0.3, -0.25) is 0 Å². The zero-order valence-corrected chi connectivity index (χ0v) is 15.3. The van der Waals surface area contributed by atoms with Crippen LogP contribution >= 0.6 is 23.2 Å². The normalized spacial score (nSPS) is 19.6. The number of hydrogen-bond donors (Lipinski definition) is 2. The van der Waals surface area contributed by atoms with Gasteiger partial charge in [-0.1, -0.05) is 29.3 Å². The van der Waals surface area contributed by atoms with Crippen molar-refractivity contribution in [2.75, 3.05) is 13.2 Å². The van der Waals surface area contributed by atoms with Gasteiger partial charge in [0, 0.05) is 23.7 Å². The minimum atomic E-state index is -0.924. The molecule has 134 valence electrons. The molecule has 3 N–H and O–H groups in total. The topological polar surface area (TPSA) is 77.6 Å². The third kappa shape index (κ3) is 4.25. The molecule has 0 amide bonds. The standard InChI is InChI=1S/C18H20Cl2N2O3/c1-10-6-12(8-22-18(10)25-13-4-5-24-9-13)17(23)16(21)11-2-3-14(19)15(20)7-11/h2-3,6-8,13,16-17,23H,4-5,9,21H2,1H3/t13?,16-,17+/m1/s1. The molecule has 0 saturated carbocycles. The molecule has 1 saturated heterocycles. The van der Waals surface area contributed by atoms with Gasteiger partial charge in [-0.15, -0.1) is 0 Å². The van der Waals surface area contributed by atoms with Crippen LogP contribution in [-0.2, 0) is 4.74 Å². The lowest BCUT2D eigenvalue weighted by molar-refractivity contribution is 0.136. The molecule has 1 fully saturated rings. The van der Waals surface area contributed by atoms with Crippen molar-refractivity contribution >= 4 is 23.2 Å². The summed E-state index contributed by atoms with van der Waals surface area (Å²) in [6, 6.07) is 6.26. The third-order valence-corrected chi connectivity index (χ3v) is 4.97. The van der Waals surface area contributed by atoms with Crippen LogP contribution in [0.2, 0.25) is 10.0 Å². The van der Waals surface area contributed by atoms with Gasteiger partial charge in [0.1, 0.15) is 6.10 Å². The first-order valence-corrected chi connectivity index (χ1v) is 8.81. The van der Waals surface area contributed by atoms with Crippen molar-refractivity contribution < 1.29 is 14.6 Å². The Morgan fingerprint density at radius 2 is 2.08 bits per heavy atom. The first kappa shape index (κ1) is 18.4. The number of aliphatic hydroxyl groups is 1. The Hall–Kier alpha value is -1.37. The Morgan fingerprint density at radius 1 is 1.28 bits per heavy atom. The fourth-order valence-corrected chi connectivity index (χ4v) is 3.05. The molecule has 1 aromatic heterocycles. The summed E-state index contributed by atoms with van der Waals surface area (Å²) in [6.07, 6.45) is 1.54. The zero-order valence-electron chi connectivity index (χ0n) is 13.8. The Morgan fingerprint density at radius 3 is 2.72 bits per heavy atom. The van der Waals surface area contributed by atoms with Crippen molar-refractivity contribution in [2.45, 2.75) is 31.6 Å². The average Bonchev–Trinajstić information content (AvgIpc) is 3.11. The lowest BCUT2D eigenvalue weighted by Crippen LogP contribution is -2.20. The summed E-state index contributed by atoms with van der Waals surface area (Å²) >= 11 is 11.9. The van der Waals surface area contributed by atoms with E-state index in [9.17, 15) is 5.11 Å². The number of rotatable bonds is 5. The van der Waals surface area contributed by atoms with E-state index in [1.165, 1.54) is 0 Å². The maximum atomic E-state index is 10.6. The van der Waals surface area contributed by atoms with Gasteiger partial charge in [0.25, 0.3) is 0 Å². The van der Waals surface area contributed by atoms with E-state index in [0.717, 1.165) is 12.0 Å². The molecular weight excluding hydrogens is 363 g/mol. The van der Waals surface area contributed by atoms with Crippen molar-refractivity contribution in [3.8, 4) is 5.88 Å². The molecule has 2 aromatic rings. The summed E-state index contributed by atoms with van der Waals surface area (Å²) in [5.41, 5.74) is 8.33. The second kappa shape index (κ2) is 7.89. The van der Waals surface area contributed by atoms with E-state index in [1.54, 1.807) is 24.4 Å². The van der Waals surface area contributed by atoms with E-state index in [4.69, 9.17) is 38.4 Å². The highest BCUT2D eigenvalue weighted by atomic mass is 35.5. The Balaban J connectivity index is 1.75. The number of aliphatic hydroxyl groups excluding tert-OH is 1. The fourth-order valence-electron chi connectivity index (χ4n) is 2.74. The third-order valence-electron chi connectivity index (χ3n) is 4.23. The van der Waals surface area contributed by atoms with E-state index in [1.807, 2.05) is 13.0 Å². The van der Waals surface area contributed by atoms with Gasteiger partial charge in [-0.2, -0.15) is 0 Å². The van der Waals surface area contributed by atoms with Crippen LogP contribution in [0.25, 0.3) is 0 Å². The fraction of sp³-hybridized carbons (Fsp3) is 0.389. The summed E-state index contributed by atoms with van der Waals surface area (Å²) in [4.78, 5) is 4.33. The van der Waals surface area contributed by atoms with Gasteiger partial charge in [0.2, 0.25) is 5.88 Å². The molecule has 1 unspecified atom stereocenters. The van der Waals surface area contributed by atoms with Gasteiger partial charge in [0.05, 0.1) is 35.4 Å². The Labute approximate surface area is 156 Å². The molecule has 7 heteroatoms. The molecule has 1 aliphatic heterocycles. The van der Waals surface area contributed by atoms with Crippen LogP contribution in [0.5, 0.6) is 5.88 Å². The van der Waals surface area contributed by atoms with E-state index in [-0.39, 0.29) is 6.10 Å². The van der Waals surface area contributed by atoms with Crippen LogP contribution in [0, 0.1) is 6.92 Å². The summed E-state index contributed by atoms with van der Waals surface area (Å²) < 4.78 is 11.1. The van der Waals surface area contributed by atoms with Crippen molar-refractivity contribution in [2.24, 2.45) is 5.73 Å². The summed E-state index contributed by atoms with van der Waals surface area (Å²) in [5, 5.41) is 11.4. The molecule has 1 aliphatic rings. The number of aryl methyl sites for hydroxylation is 1. The lowest BCUT2D eigenvalue weighted by Gasteiger charge is -2.21. The molecule has 0 bridgehead atoms. The van der Waals surface area contributed by atoms with Crippen LogP contribution < -0.4 is 10.5 Å². The highest BCUT2D eigenvalue weighted by molar-refractivity contribution is 6.42. The van der Waals surface area contributed by atoms with Gasteiger partial charge in [-0.25, -0.2) is 4.98 Å². The molecule has 1 aromatic carbocycles. The number of hydrogen-bond acceptors (Lipinski definition) is 5. The molecule has 25 heavy (non-hydrogen) atoms. The van der Waals surface area contributed by atoms with Crippen LogP contribution in [0.3, 0.4) is 0 Å². The number of halogens is 2. The van der Waals surface area contributed by atoms with Crippen LogP contribution in [0.4, 0.5) is 0 Å². The number of nitrogens with two attached hydrogens (primary N) is 1. The largest absolute Gasteiger partial charge is 0.472 e. The smallest absolute Gasteiger partial charge is 0.216 e. The maximum absolute atomic E-state index is 10.6. The van der Waals surface area contributed by atoms with Crippen LogP contribution in [0.15, 0.2) is 30.5 Å². The molecule has 0 radical (unpaired) electrons. The zero-order chi connectivity index (χ0) is 18.0. The second-order valence-corrected chi connectivity index (χ2v) is 6.95. The van der Waals surface area contributed by atoms with Crippen molar-refractivity contribution in [3.63, 3.8) is 0 Å². The molecule has 2 heterocycles. The number of nitrogens with zero attached hydrogens (tertiary/aromatic N) is 1. The number of benzene rings is 1. The number of pyridine rings is 1. The molecule has 3 rings (SSSR count). The summed E-state index contributed by atoms with van der Waals surface area (Å²) in [5.74, 6) is 0.551. The molecule has 0 spiro atoms. The molecule has 5 nitrogen and oxygen atoms in total. The molecule has 3 atom stereocenters. The van der Waals surface area contributed by atoms with E-state index in [0.29, 0.717) is 40.3 Å².